The third kappa shape index (κ3) is 3.24. The molecular formula is C19H20N6OS2. The molecule has 0 unspecified atom stereocenters. The molecule has 0 amide bonds. The van der Waals surface area contributed by atoms with Gasteiger partial charge >= 0.3 is 0 Å². The Morgan fingerprint density at radius 2 is 2.00 bits per heavy atom. The van der Waals surface area contributed by atoms with Crippen molar-refractivity contribution in [3.05, 3.63) is 51.1 Å². The van der Waals surface area contributed by atoms with Crippen molar-refractivity contribution < 1.29 is 0 Å². The average molecular weight is 413 g/mol. The second-order valence-electron chi connectivity index (χ2n) is 6.46. The maximum absolute atomic E-state index is 12.6. The Bertz CT molecular complexity index is 1190. The zero-order valence-electron chi connectivity index (χ0n) is 16.1. The zero-order valence-corrected chi connectivity index (χ0v) is 17.7. The Morgan fingerprint density at radius 1 is 1.25 bits per heavy atom. The van der Waals surface area contributed by atoms with Crippen LogP contribution >= 0.6 is 23.1 Å². The standard InChI is InChI=1S/C19H20N6OS2/c1-5-25-16(13-6-8-20-9-7-13)23-24-19(25)28-12(4)15-21-17(26)14-10(2)11(3)27-18(14)22-15/h6-9,12H,5H2,1-4H3,(H,21,22,26)/t12-/m0/s1. The molecule has 4 heterocycles. The molecule has 0 aromatic carbocycles. The van der Waals surface area contributed by atoms with Crippen molar-refractivity contribution in [1.29, 1.82) is 0 Å². The Morgan fingerprint density at radius 3 is 2.71 bits per heavy atom. The van der Waals surface area contributed by atoms with E-state index in [0.717, 1.165) is 38.4 Å². The molecular weight excluding hydrogens is 392 g/mol. The molecule has 7 nitrogen and oxygen atoms in total. The van der Waals surface area contributed by atoms with Gasteiger partial charge in [-0.1, -0.05) is 11.8 Å². The maximum atomic E-state index is 12.6. The summed E-state index contributed by atoms with van der Waals surface area (Å²) in [5.74, 6) is 1.46. The number of thioether (sulfide) groups is 1. The molecule has 0 saturated heterocycles. The average Bonchev–Trinajstić information content (AvgIpc) is 3.22. The number of hydrogen-bond donors (Lipinski definition) is 1. The van der Waals surface area contributed by atoms with Gasteiger partial charge in [-0.15, -0.1) is 21.5 Å². The molecule has 1 N–H and O–H groups in total. The fourth-order valence-electron chi connectivity index (χ4n) is 3.05. The molecule has 9 heteroatoms. The smallest absolute Gasteiger partial charge is 0.259 e. The molecule has 0 bridgehead atoms. The monoisotopic (exact) mass is 412 g/mol. The summed E-state index contributed by atoms with van der Waals surface area (Å²) in [5, 5.41) is 10.1. The van der Waals surface area contributed by atoms with Crippen LogP contribution in [0.25, 0.3) is 21.6 Å². The molecule has 0 spiro atoms. The summed E-state index contributed by atoms with van der Waals surface area (Å²) in [5.41, 5.74) is 1.90. The first kappa shape index (κ1) is 18.8. The molecule has 0 saturated carbocycles. The molecule has 0 aliphatic rings. The fourth-order valence-corrected chi connectivity index (χ4v) is 5.06. The van der Waals surface area contributed by atoms with Crippen LogP contribution in [0.4, 0.5) is 0 Å². The Kier molecular flexibility index (Phi) is 5.03. The van der Waals surface area contributed by atoms with Gasteiger partial charge in [-0.05, 0) is 45.4 Å². The highest BCUT2D eigenvalue weighted by Crippen LogP contribution is 2.35. The van der Waals surface area contributed by atoms with E-state index in [9.17, 15) is 4.79 Å². The molecule has 4 rings (SSSR count). The summed E-state index contributed by atoms with van der Waals surface area (Å²) < 4.78 is 2.06. The van der Waals surface area contributed by atoms with Crippen molar-refractivity contribution in [2.75, 3.05) is 0 Å². The number of nitrogens with one attached hydrogen (secondary N) is 1. The number of thiophene rings is 1. The number of H-pyrrole nitrogens is 1. The molecule has 4 aromatic rings. The van der Waals surface area contributed by atoms with E-state index in [4.69, 9.17) is 4.98 Å². The molecule has 0 fully saturated rings. The predicted molar refractivity (Wildman–Crippen MR) is 113 cm³/mol. The van der Waals surface area contributed by atoms with Crippen LogP contribution in [0.3, 0.4) is 0 Å². The van der Waals surface area contributed by atoms with Crippen molar-refractivity contribution >= 4 is 33.3 Å². The first-order valence-electron chi connectivity index (χ1n) is 8.99. The number of aromatic amines is 1. The topological polar surface area (TPSA) is 89.4 Å². The van der Waals surface area contributed by atoms with Gasteiger partial charge < -0.3 is 9.55 Å². The summed E-state index contributed by atoms with van der Waals surface area (Å²) in [6.45, 7) is 8.80. The molecule has 0 aliphatic carbocycles. The van der Waals surface area contributed by atoms with Crippen LogP contribution in [0.15, 0.2) is 34.5 Å². The van der Waals surface area contributed by atoms with Gasteiger partial charge in [0.1, 0.15) is 10.7 Å². The minimum Gasteiger partial charge on any atom is -0.309 e. The van der Waals surface area contributed by atoms with Crippen LogP contribution in [0.1, 0.15) is 35.4 Å². The van der Waals surface area contributed by atoms with E-state index in [1.54, 1.807) is 23.7 Å². The SMILES string of the molecule is CCn1c(S[C@@H](C)c2nc3sc(C)c(C)c3c(=O)[nH]2)nnc1-c1ccncc1. The second kappa shape index (κ2) is 7.48. The molecule has 1 atom stereocenters. The number of fused-ring (bicyclic) bond motifs is 1. The van der Waals surface area contributed by atoms with E-state index in [1.165, 1.54) is 11.8 Å². The first-order chi connectivity index (χ1) is 13.5. The lowest BCUT2D eigenvalue weighted by Gasteiger charge is -2.12. The quantitative estimate of drug-likeness (QED) is 0.496. The van der Waals surface area contributed by atoms with Gasteiger partial charge in [0.05, 0.1) is 10.6 Å². The largest absolute Gasteiger partial charge is 0.309 e. The molecule has 0 radical (unpaired) electrons. The highest BCUT2D eigenvalue weighted by Gasteiger charge is 2.20. The van der Waals surface area contributed by atoms with E-state index >= 15 is 0 Å². The van der Waals surface area contributed by atoms with Crippen molar-refractivity contribution in [2.45, 2.75) is 44.6 Å². The lowest BCUT2D eigenvalue weighted by Crippen LogP contribution is -2.12. The number of hydrogen-bond acceptors (Lipinski definition) is 7. The van der Waals surface area contributed by atoms with Crippen LogP contribution in [0.2, 0.25) is 0 Å². The normalized spacial score (nSPS) is 12.6. The molecule has 144 valence electrons. The molecule has 28 heavy (non-hydrogen) atoms. The fraction of sp³-hybridized carbons (Fsp3) is 0.316. The van der Waals surface area contributed by atoms with E-state index in [0.29, 0.717) is 11.2 Å². The van der Waals surface area contributed by atoms with Gasteiger partial charge in [-0.3, -0.25) is 9.78 Å². The van der Waals surface area contributed by atoms with Gasteiger partial charge in [0.2, 0.25) is 0 Å². The minimum atomic E-state index is -0.0799. The van der Waals surface area contributed by atoms with E-state index in [-0.39, 0.29) is 10.8 Å². The number of aryl methyl sites for hydroxylation is 2. The van der Waals surface area contributed by atoms with Gasteiger partial charge in [-0.25, -0.2) is 4.98 Å². The molecule has 4 aromatic heterocycles. The number of aromatic nitrogens is 6. The van der Waals surface area contributed by atoms with Crippen LogP contribution in [-0.4, -0.2) is 29.7 Å². The van der Waals surface area contributed by atoms with Gasteiger partial charge in [-0.2, -0.15) is 0 Å². The zero-order chi connectivity index (χ0) is 19.8. The Hall–Kier alpha value is -2.52. The van der Waals surface area contributed by atoms with Gasteiger partial charge in [0.25, 0.3) is 5.56 Å². The number of rotatable bonds is 5. The predicted octanol–water partition coefficient (Wildman–Crippen LogP) is 4.13. The van der Waals surface area contributed by atoms with Crippen molar-refractivity contribution in [1.82, 2.24) is 29.7 Å². The summed E-state index contributed by atoms with van der Waals surface area (Å²) in [6, 6.07) is 3.84. The summed E-state index contributed by atoms with van der Waals surface area (Å²) in [7, 11) is 0. The minimum absolute atomic E-state index is 0.0698. The van der Waals surface area contributed by atoms with E-state index < -0.39 is 0 Å². The Labute approximate surface area is 170 Å². The van der Waals surface area contributed by atoms with Gasteiger partial charge in [0, 0.05) is 29.4 Å². The van der Waals surface area contributed by atoms with E-state index in [1.807, 2.05) is 32.9 Å². The van der Waals surface area contributed by atoms with Crippen molar-refractivity contribution in [3.63, 3.8) is 0 Å². The van der Waals surface area contributed by atoms with Gasteiger partial charge in [0.15, 0.2) is 11.0 Å². The summed E-state index contributed by atoms with van der Waals surface area (Å²) >= 11 is 3.10. The molecule has 0 aliphatic heterocycles. The van der Waals surface area contributed by atoms with Crippen LogP contribution in [0, 0.1) is 13.8 Å². The number of pyridine rings is 1. The third-order valence-corrected chi connectivity index (χ3v) is 6.89. The third-order valence-electron chi connectivity index (χ3n) is 4.70. The summed E-state index contributed by atoms with van der Waals surface area (Å²) in [6.07, 6.45) is 3.49. The van der Waals surface area contributed by atoms with E-state index in [2.05, 4.69) is 31.7 Å². The first-order valence-corrected chi connectivity index (χ1v) is 10.7. The van der Waals surface area contributed by atoms with Crippen LogP contribution in [-0.2, 0) is 6.54 Å². The van der Waals surface area contributed by atoms with Crippen LogP contribution in [0.5, 0.6) is 0 Å². The van der Waals surface area contributed by atoms with Crippen molar-refractivity contribution in [3.8, 4) is 11.4 Å². The second-order valence-corrected chi connectivity index (χ2v) is 8.97. The maximum Gasteiger partial charge on any atom is 0.259 e. The number of nitrogens with zero attached hydrogens (tertiary/aromatic N) is 5. The lowest BCUT2D eigenvalue weighted by atomic mass is 10.2. The van der Waals surface area contributed by atoms with Crippen molar-refractivity contribution in [2.24, 2.45) is 0 Å². The highest BCUT2D eigenvalue weighted by atomic mass is 32.2. The van der Waals surface area contributed by atoms with Crippen LogP contribution < -0.4 is 5.56 Å². The highest BCUT2D eigenvalue weighted by molar-refractivity contribution is 7.99. The lowest BCUT2D eigenvalue weighted by molar-refractivity contribution is 0.685. The Balaban J connectivity index is 1.68. The summed E-state index contributed by atoms with van der Waals surface area (Å²) in [4.78, 5) is 26.2.